The van der Waals surface area contributed by atoms with Crippen molar-refractivity contribution in [2.24, 2.45) is 0 Å². The van der Waals surface area contributed by atoms with Crippen LogP contribution in [-0.4, -0.2) is 31.6 Å². The molecule has 1 aromatic carbocycles. The van der Waals surface area contributed by atoms with Crippen LogP contribution in [0.1, 0.15) is 18.9 Å². The highest BCUT2D eigenvalue weighted by molar-refractivity contribution is 5.13. The molecule has 1 atom stereocenters. The molecular formula is C16H22N2O. The van der Waals surface area contributed by atoms with Crippen LogP contribution in [0.5, 0.6) is 0 Å². The molecule has 3 nitrogen and oxygen atoms in total. The molecule has 0 spiro atoms. The Morgan fingerprint density at radius 3 is 2.63 bits per heavy atom. The second-order valence-electron chi connectivity index (χ2n) is 4.86. The Kier molecular flexibility index (Phi) is 6.88. The second-order valence-corrected chi connectivity index (χ2v) is 4.86. The van der Waals surface area contributed by atoms with E-state index in [1.807, 2.05) is 56.3 Å². The Hall–Kier alpha value is -1.63. The van der Waals surface area contributed by atoms with Crippen LogP contribution in [0.4, 0.5) is 0 Å². The Morgan fingerprint density at radius 2 is 2.05 bits per heavy atom. The summed E-state index contributed by atoms with van der Waals surface area (Å²) in [5, 5.41) is 9.02. The molecule has 0 fully saturated rings. The van der Waals surface area contributed by atoms with Gasteiger partial charge in [0.2, 0.25) is 0 Å². The van der Waals surface area contributed by atoms with Gasteiger partial charge in [-0.1, -0.05) is 42.0 Å². The minimum absolute atomic E-state index is 0.0645. The van der Waals surface area contributed by atoms with E-state index in [0.717, 1.165) is 6.42 Å². The quantitative estimate of drug-likeness (QED) is 0.557. The molecule has 0 saturated carbocycles. The van der Waals surface area contributed by atoms with Crippen molar-refractivity contribution in [3.63, 3.8) is 0 Å². The molecule has 0 aliphatic carbocycles. The topological polar surface area (TPSA) is 36.3 Å². The lowest BCUT2D eigenvalue weighted by atomic mass is 10.1. The number of hydrogen-bond acceptors (Lipinski definition) is 3. The fourth-order valence-electron chi connectivity index (χ4n) is 1.68. The van der Waals surface area contributed by atoms with Gasteiger partial charge in [0.05, 0.1) is 19.3 Å². The lowest BCUT2D eigenvalue weighted by Crippen LogP contribution is -2.26. The maximum absolute atomic E-state index is 9.02. The standard InChI is InChI=1S/C16H22N2O/c1-14(11-16(12-17)18(2)3)9-10-19-13-15-7-5-4-6-8-15/h4-9,16H,10-11,13H2,1-3H3/b14-9+. The summed E-state index contributed by atoms with van der Waals surface area (Å²) in [6.07, 6.45) is 2.81. The number of hydrogen-bond donors (Lipinski definition) is 0. The Labute approximate surface area is 116 Å². The predicted octanol–water partition coefficient (Wildman–Crippen LogP) is 2.99. The van der Waals surface area contributed by atoms with Crippen molar-refractivity contribution in [1.82, 2.24) is 4.90 Å². The first-order chi connectivity index (χ1) is 9.13. The van der Waals surface area contributed by atoms with E-state index in [1.54, 1.807) is 0 Å². The summed E-state index contributed by atoms with van der Waals surface area (Å²) in [6, 6.07) is 12.3. The van der Waals surface area contributed by atoms with Crippen molar-refractivity contribution in [2.45, 2.75) is 26.0 Å². The molecule has 1 aromatic rings. The fourth-order valence-corrected chi connectivity index (χ4v) is 1.68. The Balaban J connectivity index is 2.30. The smallest absolute Gasteiger partial charge is 0.101 e. The van der Waals surface area contributed by atoms with Crippen molar-refractivity contribution >= 4 is 0 Å². The zero-order valence-electron chi connectivity index (χ0n) is 12.0. The van der Waals surface area contributed by atoms with E-state index < -0.39 is 0 Å². The normalized spacial score (nSPS) is 13.3. The van der Waals surface area contributed by atoms with E-state index in [0.29, 0.717) is 13.2 Å². The largest absolute Gasteiger partial charge is 0.373 e. The van der Waals surface area contributed by atoms with Crippen LogP contribution in [0.25, 0.3) is 0 Å². The summed E-state index contributed by atoms with van der Waals surface area (Å²) in [4.78, 5) is 1.93. The summed E-state index contributed by atoms with van der Waals surface area (Å²) in [6.45, 7) is 3.26. The number of benzene rings is 1. The summed E-state index contributed by atoms with van der Waals surface area (Å²) in [5.74, 6) is 0. The Bertz CT molecular complexity index is 432. The lowest BCUT2D eigenvalue weighted by Gasteiger charge is -2.17. The molecule has 0 aromatic heterocycles. The van der Waals surface area contributed by atoms with Crippen molar-refractivity contribution < 1.29 is 4.74 Å². The maximum atomic E-state index is 9.02. The van der Waals surface area contributed by atoms with Crippen LogP contribution >= 0.6 is 0 Å². The van der Waals surface area contributed by atoms with Gasteiger partial charge in [-0.3, -0.25) is 4.90 Å². The monoisotopic (exact) mass is 258 g/mol. The van der Waals surface area contributed by atoms with E-state index in [9.17, 15) is 0 Å². The van der Waals surface area contributed by atoms with E-state index in [2.05, 4.69) is 12.1 Å². The van der Waals surface area contributed by atoms with Crippen LogP contribution in [0, 0.1) is 11.3 Å². The third-order valence-electron chi connectivity index (χ3n) is 2.95. The first-order valence-electron chi connectivity index (χ1n) is 6.47. The van der Waals surface area contributed by atoms with Gasteiger partial charge in [0.1, 0.15) is 6.04 Å². The Morgan fingerprint density at radius 1 is 1.37 bits per heavy atom. The van der Waals surface area contributed by atoms with Gasteiger partial charge in [-0.2, -0.15) is 5.26 Å². The molecule has 0 saturated heterocycles. The van der Waals surface area contributed by atoms with Crippen LogP contribution in [0.3, 0.4) is 0 Å². The van der Waals surface area contributed by atoms with Gasteiger partial charge in [-0.25, -0.2) is 0 Å². The van der Waals surface area contributed by atoms with Crippen LogP contribution in [0.15, 0.2) is 42.0 Å². The molecule has 0 aliphatic rings. The van der Waals surface area contributed by atoms with Gasteiger partial charge < -0.3 is 4.74 Å². The van der Waals surface area contributed by atoms with Gasteiger partial charge in [-0.15, -0.1) is 0 Å². The van der Waals surface area contributed by atoms with E-state index in [1.165, 1.54) is 11.1 Å². The number of rotatable bonds is 7. The number of nitriles is 1. The molecule has 0 N–H and O–H groups in total. The molecule has 1 rings (SSSR count). The third-order valence-corrected chi connectivity index (χ3v) is 2.95. The van der Waals surface area contributed by atoms with Crippen molar-refractivity contribution in [1.29, 1.82) is 5.26 Å². The van der Waals surface area contributed by atoms with Crippen molar-refractivity contribution in [2.75, 3.05) is 20.7 Å². The molecule has 0 heterocycles. The van der Waals surface area contributed by atoms with E-state index in [-0.39, 0.29) is 6.04 Å². The van der Waals surface area contributed by atoms with Crippen molar-refractivity contribution in [3.05, 3.63) is 47.5 Å². The summed E-state index contributed by atoms with van der Waals surface area (Å²) in [5.41, 5.74) is 2.37. The molecule has 0 aliphatic heterocycles. The average molecular weight is 258 g/mol. The highest BCUT2D eigenvalue weighted by Gasteiger charge is 2.09. The van der Waals surface area contributed by atoms with Gasteiger partial charge in [-0.05, 0) is 33.0 Å². The molecule has 1 unspecified atom stereocenters. The highest BCUT2D eigenvalue weighted by Crippen LogP contribution is 2.08. The molecule has 19 heavy (non-hydrogen) atoms. The fraction of sp³-hybridized carbons (Fsp3) is 0.438. The minimum Gasteiger partial charge on any atom is -0.373 e. The lowest BCUT2D eigenvalue weighted by molar-refractivity contribution is 0.148. The second kappa shape index (κ2) is 8.47. The van der Waals surface area contributed by atoms with Crippen LogP contribution in [-0.2, 0) is 11.3 Å². The minimum atomic E-state index is -0.0645. The predicted molar refractivity (Wildman–Crippen MR) is 77.6 cm³/mol. The van der Waals surface area contributed by atoms with E-state index >= 15 is 0 Å². The van der Waals surface area contributed by atoms with E-state index in [4.69, 9.17) is 10.00 Å². The highest BCUT2D eigenvalue weighted by atomic mass is 16.5. The first-order valence-corrected chi connectivity index (χ1v) is 6.47. The van der Waals surface area contributed by atoms with Crippen LogP contribution < -0.4 is 0 Å². The molecular weight excluding hydrogens is 236 g/mol. The molecule has 3 heteroatoms. The molecule has 0 amide bonds. The summed E-state index contributed by atoms with van der Waals surface area (Å²) < 4.78 is 5.59. The zero-order valence-corrected chi connectivity index (χ0v) is 12.0. The molecule has 0 radical (unpaired) electrons. The van der Waals surface area contributed by atoms with Gasteiger partial charge in [0.25, 0.3) is 0 Å². The van der Waals surface area contributed by atoms with Gasteiger partial charge in [0.15, 0.2) is 0 Å². The van der Waals surface area contributed by atoms with Gasteiger partial charge in [0, 0.05) is 0 Å². The van der Waals surface area contributed by atoms with Crippen LogP contribution in [0.2, 0.25) is 0 Å². The zero-order chi connectivity index (χ0) is 14.1. The molecule has 102 valence electrons. The average Bonchev–Trinajstić information content (AvgIpc) is 2.42. The molecule has 0 bridgehead atoms. The summed E-state index contributed by atoms with van der Waals surface area (Å²) >= 11 is 0. The maximum Gasteiger partial charge on any atom is 0.101 e. The van der Waals surface area contributed by atoms with Crippen molar-refractivity contribution in [3.8, 4) is 6.07 Å². The SMILES string of the molecule is C/C(=C\COCc1ccccc1)CC(C#N)N(C)C. The number of ether oxygens (including phenoxy) is 1. The van der Waals surface area contributed by atoms with Gasteiger partial charge >= 0.3 is 0 Å². The number of nitrogens with zero attached hydrogens (tertiary/aromatic N) is 2. The summed E-state index contributed by atoms with van der Waals surface area (Å²) in [7, 11) is 3.85. The third kappa shape index (κ3) is 6.19. The first kappa shape index (κ1) is 15.4.